The number of nitriles is 1. The summed E-state index contributed by atoms with van der Waals surface area (Å²) >= 11 is 0. The van der Waals surface area contributed by atoms with E-state index < -0.39 is 6.36 Å². The Morgan fingerprint density at radius 3 is 2.57 bits per heavy atom. The van der Waals surface area contributed by atoms with Crippen LogP contribution in [0.4, 0.5) is 24.9 Å². The van der Waals surface area contributed by atoms with Crippen LogP contribution in [-0.2, 0) is 6.54 Å². The molecule has 0 aliphatic heterocycles. The van der Waals surface area contributed by atoms with Crippen molar-refractivity contribution in [3.05, 3.63) is 41.6 Å². The molecule has 0 saturated heterocycles. The summed E-state index contributed by atoms with van der Waals surface area (Å²) in [5.41, 5.74) is 6.93. The van der Waals surface area contributed by atoms with Crippen molar-refractivity contribution in [1.29, 1.82) is 5.26 Å². The summed E-state index contributed by atoms with van der Waals surface area (Å²) in [6.07, 6.45) is 2.72. The van der Waals surface area contributed by atoms with Gasteiger partial charge in [-0.2, -0.15) is 10.2 Å². The molecule has 186 valence electrons. The molecule has 4 saturated carbocycles. The van der Waals surface area contributed by atoms with E-state index in [-0.39, 0.29) is 23.7 Å². The molecule has 35 heavy (non-hydrogen) atoms. The van der Waals surface area contributed by atoms with E-state index in [1.165, 1.54) is 37.6 Å². The van der Waals surface area contributed by atoms with E-state index in [0.717, 1.165) is 31.8 Å². The van der Waals surface area contributed by atoms with Crippen LogP contribution < -0.4 is 21.1 Å². The SMILES string of the molecule is N#Cc1cnc(NCc2ccccc2OC(F)(F)F)nc1NCC12CC3C[C@H](C1)C(CN)[C@@H](C3)C2. The van der Waals surface area contributed by atoms with Crippen LogP contribution in [0.1, 0.15) is 43.2 Å². The minimum atomic E-state index is -4.78. The van der Waals surface area contributed by atoms with E-state index in [0.29, 0.717) is 34.7 Å². The van der Waals surface area contributed by atoms with Crippen LogP contribution in [0.25, 0.3) is 0 Å². The van der Waals surface area contributed by atoms with Gasteiger partial charge in [0.25, 0.3) is 0 Å². The lowest BCUT2D eigenvalue weighted by Crippen LogP contribution is -2.54. The van der Waals surface area contributed by atoms with Crippen LogP contribution in [0.2, 0.25) is 0 Å². The molecule has 2 aromatic rings. The Balaban J connectivity index is 1.27. The molecule has 4 bridgehead atoms. The first-order valence-corrected chi connectivity index (χ1v) is 12.1. The van der Waals surface area contributed by atoms with Crippen LogP contribution in [0.5, 0.6) is 5.75 Å². The van der Waals surface area contributed by atoms with Gasteiger partial charge in [-0.05, 0) is 73.8 Å². The van der Waals surface area contributed by atoms with Crippen LogP contribution in [-0.4, -0.2) is 29.4 Å². The summed E-state index contributed by atoms with van der Waals surface area (Å²) < 4.78 is 42.2. The fraction of sp³-hybridized carbons (Fsp3) is 0.560. The van der Waals surface area contributed by atoms with E-state index in [1.54, 1.807) is 12.1 Å². The molecule has 1 heterocycles. The number of anilines is 2. The molecule has 4 aliphatic carbocycles. The predicted molar refractivity (Wildman–Crippen MR) is 124 cm³/mol. The van der Waals surface area contributed by atoms with Gasteiger partial charge >= 0.3 is 6.36 Å². The van der Waals surface area contributed by atoms with Crippen LogP contribution in [0.3, 0.4) is 0 Å². The van der Waals surface area contributed by atoms with Gasteiger partial charge in [0.15, 0.2) is 0 Å². The van der Waals surface area contributed by atoms with E-state index in [9.17, 15) is 18.4 Å². The van der Waals surface area contributed by atoms with Crippen molar-refractivity contribution in [3.8, 4) is 11.8 Å². The first kappa shape index (κ1) is 23.7. The van der Waals surface area contributed by atoms with Crippen molar-refractivity contribution in [2.45, 2.75) is 45.0 Å². The summed E-state index contributed by atoms with van der Waals surface area (Å²) in [5.74, 6) is 3.15. The van der Waals surface area contributed by atoms with Crippen LogP contribution in [0, 0.1) is 40.4 Å². The first-order valence-electron chi connectivity index (χ1n) is 12.1. The molecule has 1 aromatic carbocycles. The van der Waals surface area contributed by atoms with Crippen molar-refractivity contribution in [2.24, 2.45) is 34.8 Å². The van der Waals surface area contributed by atoms with Gasteiger partial charge in [0.2, 0.25) is 5.95 Å². The minimum Gasteiger partial charge on any atom is -0.405 e. The molecule has 7 nitrogen and oxygen atoms in total. The van der Waals surface area contributed by atoms with Gasteiger partial charge in [-0.15, -0.1) is 13.2 Å². The summed E-state index contributed by atoms with van der Waals surface area (Å²) in [5, 5.41) is 15.9. The van der Waals surface area contributed by atoms with Crippen molar-refractivity contribution in [2.75, 3.05) is 23.7 Å². The fourth-order valence-electron chi connectivity index (χ4n) is 6.90. The Labute approximate surface area is 202 Å². The summed E-state index contributed by atoms with van der Waals surface area (Å²) in [4.78, 5) is 8.64. The van der Waals surface area contributed by atoms with Gasteiger partial charge in [0, 0.05) is 18.7 Å². The maximum atomic E-state index is 12.7. The van der Waals surface area contributed by atoms with Gasteiger partial charge in [-0.25, -0.2) is 4.98 Å². The van der Waals surface area contributed by atoms with Crippen molar-refractivity contribution < 1.29 is 17.9 Å². The van der Waals surface area contributed by atoms with Crippen LogP contribution >= 0.6 is 0 Å². The summed E-state index contributed by atoms with van der Waals surface area (Å²) in [7, 11) is 0. The van der Waals surface area contributed by atoms with Crippen molar-refractivity contribution >= 4 is 11.8 Å². The number of nitrogens with zero attached hydrogens (tertiary/aromatic N) is 3. The smallest absolute Gasteiger partial charge is 0.405 e. The lowest BCUT2D eigenvalue weighted by atomic mass is 9.46. The molecule has 5 atom stereocenters. The highest BCUT2D eigenvalue weighted by Gasteiger charge is 2.54. The number of nitrogens with one attached hydrogen (secondary N) is 2. The molecule has 0 amide bonds. The first-order chi connectivity index (χ1) is 16.8. The zero-order valence-electron chi connectivity index (χ0n) is 19.3. The maximum Gasteiger partial charge on any atom is 0.573 e. The topological polar surface area (TPSA) is 109 Å². The lowest BCUT2D eigenvalue weighted by molar-refractivity contribution is -0.274. The molecule has 1 aromatic heterocycles. The number of ether oxygens (including phenoxy) is 1. The number of nitrogens with two attached hydrogens (primary N) is 1. The predicted octanol–water partition coefficient (Wildman–Crippen LogP) is 4.67. The molecule has 4 fully saturated rings. The molecule has 10 heteroatoms. The number of para-hydroxylation sites is 1. The number of aromatic nitrogens is 2. The van der Waals surface area contributed by atoms with Gasteiger partial charge in [-0.1, -0.05) is 18.2 Å². The summed E-state index contributed by atoms with van der Waals surface area (Å²) in [6, 6.07) is 8.04. The molecular formula is C25H29F3N6O. The Morgan fingerprint density at radius 1 is 1.14 bits per heavy atom. The van der Waals surface area contributed by atoms with Gasteiger partial charge in [-0.3, -0.25) is 0 Å². The van der Waals surface area contributed by atoms with E-state index in [1.807, 2.05) is 0 Å². The Morgan fingerprint density at radius 2 is 1.89 bits per heavy atom. The highest BCUT2D eigenvalue weighted by Crippen LogP contribution is 2.61. The number of halogens is 3. The number of hydrogen-bond donors (Lipinski definition) is 3. The molecule has 4 aliphatic rings. The molecule has 4 N–H and O–H groups in total. The maximum absolute atomic E-state index is 12.7. The second-order valence-corrected chi connectivity index (χ2v) is 10.3. The minimum absolute atomic E-state index is 0.0348. The fourth-order valence-corrected chi connectivity index (χ4v) is 6.90. The Hall–Kier alpha value is -3.06. The molecule has 0 radical (unpaired) electrons. The molecular weight excluding hydrogens is 457 g/mol. The highest BCUT2D eigenvalue weighted by atomic mass is 19.4. The van der Waals surface area contributed by atoms with Gasteiger partial charge in [0.1, 0.15) is 23.2 Å². The average molecular weight is 487 g/mol. The monoisotopic (exact) mass is 486 g/mol. The van der Waals surface area contributed by atoms with Gasteiger partial charge in [0.05, 0.1) is 6.20 Å². The number of hydrogen-bond acceptors (Lipinski definition) is 7. The van der Waals surface area contributed by atoms with E-state index in [2.05, 4.69) is 31.4 Å². The summed E-state index contributed by atoms with van der Waals surface area (Å²) in [6.45, 7) is 1.54. The quantitative estimate of drug-likeness (QED) is 0.497. The van der Waals surface area contributed by atoms with Crippen molar-refractivity contribution in [3.63, 3.8) is 0 Å². The Bertz CT molecular complexity index is 1100. The normalized spacial score (nSPS) is 29.0. The van der Waals surface area contributed by atoms with E-state index >= 15 is 0 Å². The largest absolute Gasteiger partial charge is 0.573 e. The third kappa shape index (κ3) is 5.01. The average Bonchev–Trinajstić information content (AvgIpc) is 2.81. The van der Waals surface area contributed by atoms with Crippen LogP contribution in [0.15, 0.2) is 30.5 Å². The standard InChI is InChI=1S/C25H29F3N6O/c26-25(27,28)35-21-4-2-1-3-16(21)12-31-23-32-13-19(10-29)22(34-23)33-14-24-7-15-5-17(8-24)20(11-30)18(6-15)9-24/h1-4,13,15,17-18,20H,5-9,11-12,14,30H2,(H2,31,32,33,34)/t15?,17-,18+,20?,24?. The molecule has 0 spiro atoms. The second-order valence-electron chi connectivity index (χ2n) is 10.3. The molecule has 3 unspecified atom stereocenters. The zero-order valence-corrected chi connectivity index (χ0v) is 19.3. The third-order valence-electron chi connectivity index (χ3n) is 8.04. The number of benzene rings is 1. The van der Waals surface area contributed by atoms with E-state index in [4.69, 9.17) is 5.73 Å². The zero-order chi connectivity index (χ0) is 24.6. The number of rotatable bonds is 8. The van der Waals surface area contributed by atoms with Crippen molar-refractivity contribution in [1.82, 2.24) is 9.97 Å². The lowest BCUT2D eigenvalue weighted by Gasteiger charge is -2.60. The second kappa shape index (κ2) is 9.19. The molecule has 6 rings (SSSR count). The van der Waals surface area contributed by atoms with Gasteiger partial charge < -0.3 is 21.1 Å². The number of alkyl halides is 3. The third-order valence-corrected chi connectivity index (χ3v) is 8.04. The highest BCUT2D eigenvalue weighted by molar-refractivity contribution is 5.53. The Kier molecular flexibility index (Phi) is 6.21.